The molecule has 0 unspecified atom stereocenters. The number of hydrogen-bond donors (Lipinski definition) is 1. The summed E-state index contributed by atoms with van der Waals surface area (Å²) in [5, 5.41) is 9.06. The summed E-state index contributed by atoms with van der Waals surface area (Å²) in [6.07, 6.45) is 4.60. The molecule has 0 spiro atoms. The number of hydrogen-bond acceptors (Lipinski definition) is 4. The molecule has 0 bridgehead atoms. The van der Waals surface area contributed by atoms with Crippen LogP contribution >= 0.6 is 0 Å². The van der Waals surface area contributed by atoms with E-state index >= 15 is 0 Å². The molecule has 2 aromatic carbocycles. The van der Waals surface area contributed by atoms with E-state index in [4.69, 9.17) is 9.84 Å². The van der Waals surface area contributed by atoms with Crippen molar-refractivity contribution in [2.75, 3.05) is 19.7 Å². The maximum Gasteiger partial charge on any atom is 0.338 e. The van der Waals surface area contributed by atoms with Crippen molar-refractivity contribution in [3.05, 3.63) is 87.3 Å². The van der Waals surface area contributed by atoms with Gasteiger partial charge in [-0.15, -0.1) is 0 Å². The number of halogens is 2. The molecule has 1 aromatic heterocycles. The van der Waals surface area contributed by atoms with Gasteiger partial charge < -0.3 is 14.4 Å². The van der Waals surface area contributed by atoms with Crippen molar-refractivity contribution >= 4 is 5.97 Å². The minimum Gasteiger partial charge on any atom is -0.494 e. The second-order valence-corrected chi connectivity index (χ2v) is 9.85. The van der Waals surface area contributed by atoms with Crippen LogP contribution in [0.3, 0.4) is 0 Å². The van der Waals surface area contributed by atoms with Crippen LogP contribution in [0.2, 0.25) is 0 Å². The van der Waals surface area contributed by atoms with Crippen molar-refractivity contribution in [2.24, 2.45) is 0 Å². The van der Waals surface area contributed by atoms with Crippen molar-refractivity contribution < 1.29 is 23.4 Å². The van der Waals surface area contributed by atoms with Crippen LogP contribution in [-0.2, 0) is 6.54 Å². The van der Waals surface area contributed by atoms with E-state index in [9.17, 15) is 18.4 Å². The van der Waals surface area contributed by atoms with Crippen LogP contribution in [0.15, 0.2) is 53.5 Å². The summed E-state index contributed by atoms with van der Waals surface area (Å²) in [6.45, 7) is 4.59. The summed E-state index contributed by atoms with van der Waals surface area (Å²) >= 11 is 0. The van der Waals surface area contributed by atoms with E-state index in [0.717, 1.165) is 47.5 Å². The monoisotopic (exact) mass is 508 g/mol. The van der Waals surface area contributed by atoms with Crippen LogP contribution in [0.1, 0.15) is 66.1 Å². The van der Waals surface area contributed by atoms with Crippen molar-refractivity contribution in [1.29, 1.82) is 0 Å². The molecule has 0 amide bonds. The summed E-state index contributed by atoms with van der Waals surface area (Å²) in [6, 6.07) is 11.6. The smallest absolute Gasteiger partial charge is 0.338 e. The molecule has 1 N–H and O–H groups in total. The number of pyridine rings is 1. The molecule has 1 saturated heterocycles. The average molecular weight is 509 g/mol. The Labute approximate surface area is 214 Å². The Balaban J connectivity index is 1.35. The number of aromatic nitrogens is 1. The number of carboxylic acids is 1. The molecule has 3 aromatic rings. The summed E-state index contributed by atoms with van der Waals surface area (Å²) in [5.41, 5.74) is 3.32. The van der Waals surface area contributed by atoms with Gasteiger partial charge in [-0.2, -0.15) is 0 Å². The lowest BCUT2D eigenvalue weighted by Gasteiger charge is -2.33. The summed E-state index contributed by atoms with van der Waals surface area (Å²) in [7, 11) is 0. The lowest BCUT2D eigenvalue weighted by molar-refractivity contribution is 0.0691. The quantitative estimate of drug-likeness (QED) is 0.429. The van der Waals surface area contributed by atoms with Crippen molar-refractivity contribution in [3.8, 4) is 16.9 Å². The minimum absolute atomic E-state index is 0.185. The molecule has 37 heavy (non-hydrogen) atoms. The van der Waals surface area contributed by atoms with Crippen molar-refractivity contribution in [1.82, 2.24) is 9.47 Å². The van der Waals surface area contributed by atoms with E-state index in [2.05, 4.69) is 17.0 Å². The van der Waals surface area contributed by atoms with Gasteiger partial charge in [-0.1, -0.05) is 12.1 Å². The molecule has 8 heteroatoms. The molecule has 6 nitrogen and oxygen atoms in total. The van der Waals surface area contributed by atoms with Crippen molar-refractivity contribution in [2.45, 2.75) is 51.1 Å². The first-order chi connectivity index (χ1) is 17.8. The first-order valence-corrected chi connectivity index (χ1v) is 12.8. The Kier molecular flexibility index (Phi) is 7.11. The van der Waals surface area contributed by atoms with E-state index in [1.807, 2.05) is 19.1 Å². The zero-order valence-corrected chi connectivity index (χ0v) is 20.8. The third-order valence-electron chi connectivity index (χ3n) is 7.31. The molecule has 1 aliphatic carbocycles. The molecule has 2 fully saturated rings. The molecule has 5 rings (SSSR count). The summed E-state index contributed by atoms with van der Waals surface area (Å²) in [5.74, 6) is -1.29. The molecule has 1 aliphatic heterocycles. The van der Waals surface area contributed by atoms with E-state index in [1.165, 1.54) is 22.3 Å². The maximum absolute atomic E-state index is 14.2. The van der Waals surface area contributed by atoms with Crippen LogP contribution in [0.5, 0.6) is 5.75 Å². The Bertz CT molecular complexity index is 1360. The lowest BCUT2D eigenvalue weighted by atomic mass is 9.93. The Morgan fingerprint density at radius 2 is 1.76 bits per heavy atom. The predicted octanol–water partition coefficient (Wildman–Crippen LogP) is 5.60. The highest BCUT2D eigenvalue weighted by molar-refractivity contribution is 5.87. The lowest BCUT2D eigenvalue weighted by Crippen LogP contribution is -2.37. The van der Waals surface area contributed by atoms with Gasteiger partial charge in [0.15, 0.2) is 5.82 Å². The topological polar surface area (TPSA) is 71.8 Å². The Morgan fingerprint density at radius 3 is 2.38 bits per heavy atom. The van der Waals surface area contributed by atoms with E-state index in [0.29, 0.717) is 45.0 Å². The van der Waals surface area contributed by atoms with Gasteiger partial charge in [0.05, 0.1) is 6.61 Å². The van der Waals surface area contributed by atoms with Crippen LogP contribution in [0.25, 0.3) is 11.1 Å². The first-order valence-electron chi connectivity index (χ1n) is 12.8. The van der Waals surface area contributed by atoms with E-state index < -0.39 is 22.9 Å². The average Bonchev–Trinajstić information content (AvgIpc) is 3.72. The maximum atomic E-state index is 14.2. The number of piperidine rings is 1. The van der Waals surface area contributed by atoms with E-state index in [1.54, 1.807) is 0 Å². The molecule has 194 valence electrons. The normalized spacial score (nSPS) is 16.6. The highest BCUT2D eigenvalue weighted by atomic mass is 19.1. The van der Waals surface area contributed by atoms with Gasteiger partial charge in [0.25, 0.3) is 5.56 Å². The zero-order chi connectivity index (χ0) is 26.1. The van der Waals surface area contributed by atoms with Gasteiger partial charge in [-0.3, -0.25) is 9.69 Å². The summed E-state index contributed by atoms with van der Waals surface area (Å²) in [4.78, 5) is 25.9. The fourth-order valence-electron chi connectivity index (χ4n) is 5.24. The summed E-state index contributed by atoms with van der Waals surface area (Å²) < 4.78 is 35.1. The SMILES string of the molecule is CCOc1cc(-c2ccc(F)cc2)c(C2CC2)cc1CN1CCC(n2cc(F)c(C(=O)O)cc2=O)CC1. The first kappa shape index (κ1) is 25.1. The largest absolute Gasteiger partial charge is 0.494 e. The number of carbonyl (C=O) groups is 1. The molecule has 0 radical (unpaired) electrons. The van der Waals surface area contributed by atoms with E-state index in [-0.39, 0.29) is 11.9 Å². The number of nitrogens with zero attached hydrogens (tertiary/aromatic N) is 2. The number of aromatic carboxylic acids is 1. The molecule has 2 aliphatic rings. The van der Waals surface area contributed by atoms with Gasteiger partial charge in [-0.25, -0.2) is 13.6 Å². The second kappa shape index (κ2) is 10.5. The molecule has 0 atom stereocenters. The van der Waals surface area contributed by atoms with Crippen LogP contribution in [0, 0.1) is 11.6 Å². The number of carboxylic acid groups (broad SMARTS) is 1. The highest BCUT2D eigenvalue weighted by Crippen LogP contribution is 2.46. The van der Waals surface area contributed by atoms with Crippen molar-refractivity contribution in [3.63, 3.8) is 0 Å². The number of rotatable bonds is 8. The fourth-order valence-corrected chi connectivity index (χ4v) is 5.24. The van der Waals surface area contributed by atoms with Crippen LogP contribution < -0.4 is 10.3 Å². The minimum atomic E-state index is -1.45. The fraction of sp³-hybridized carbons (Fsp3) is 0.379. The van der Waals surface area contributed by atoms with Gasteiger partial charge in [0.2, 0.25) is 0 Å². The Hall–Kier alpha value is -3.52. The van der Waals surface area contributed by atoms with Gasteiger partial charge in [-0.05, 0) is 79.5 Å². The van der Waals surface area contributed by atoms with Gasteiger partial charge in [0, 0.05) is 43.5 Å². The third-order valence-corrected chi connectivity index (χ3v) is 7.31. The van der Waals surface area contributed by atoms with Gasteiger partial charge >= 0.3 is 5.97 Å². The number of likely N-dealkylation sites (tertiary alicyclic amines) is 1. The Morgan fingerprint density at radius 1 is 1.05 bits per heavy atom. The zero-order valence-electron chi connectivity index (χ0n) is 20.8. The number of benzene rings is 2. The highest BCUT2D eigenvalue weighted by Gasteiger charge is 2.29. The second-order valence-electron chi connectivity index (χ2n) is 9.85. The third kappa shape index (κ3) is 5.44. The molecular formula is C29H30F2N2O4. The standard InChI is InChI=1S/C29H30F2N2O4/c1-2-37-27-14-24(19-5-7-21(30)8-6-19)23(18-3-4-18)13-20(27)16-32-11-9-22(10-12-32)33-17-26(31)25(29(35)36)15-28(33)34/h5-8,13-15,17-18,22H,2-4,9-12,16H2,1H3,(H,35,36). The van der Waals surface area contributed by atoms with Crippen LogP contribution in [0.4, 0.5) is 8.78 Å². The van der Waals surface area contributed by atoms with Gasteiger partial charge in [0.1, 0.15) is 17.1 Å². The molecule has 2 heterocycles. The molecular weight excluding hydrogens is 478 g/mol. The predicted molar refractivity (Wildman–Crippen MR) is 136 cm³/mol. The molecule has 1 saturated carbocycles. The van der Waals surface area contributed by atoms with Crippen LogP contribution in [-0.4, -0.2) is 40.2 Å². The number of ether oxygens (including phenoxy) is 1.